The molecule has 2 aromatic heterocycles. The Hall–Kier alpha value is -6.94. The highest BCUT2D eigenvalue weighted by Gasteiger charge is 2.56. The van der Waals surface area contributed by atoms with Crippen molar-refractivity contribution in [2.24, 2.45) is 17.8 Å². The molecule has 0 radical (unpaired) electrons. The number of fused-ring (bicyclic) bond motifs is 7. The van der Waals surface area contributed by atoms with Crippen LogP contribution in [0.25, 0.3) is 44.2 Å². The van der Waals surface area contributed by atoms with E-state index >= 15 is 0 Å². The van der Waals surface area contributed by atoms with Gasteiger partial charge in [0.2, 0.25) is 5.91 Å². The first kappa shape index (κ1) is 42.0. The van der Waals surface area contributed by atoms with E-state index in [1.165, 1.54) is 14.2 Å². The third-order valence-corrected chi connectivity index (χ3v) is 13.6. The Labute approximate surface area is 375 Å². The molecule has 10 rings (SSSR count). The van der Waals surface area contributed by atoms with Crippen molar-refractivity contribution in [3.05, 3.63) is 102 Å². The highest BCUT2D eigenvalue weighted by molar-refractivity contribution is 6.07. The first-order valence-corrected chi connectivity index (χ1v) is 22.2. The van der Waals surface area contributed by atoms with Crippen molar-refractivity contribution in [1.82, 2.24) is 40.4 Å². The minimum Gasteiger partial charge on any atom is -0.488 e. The van der Waals surface area contributed by atoms with Crippen LogP contribution in [0.2, 0.25) is 0 Å². The van der Waals surface area contributed by atoms with Crippen LogP contribution in [-0.2, 0) is 30.4 Å². The third kappa shape index (κ3) is 7.68. The lowest BCUT2D eigenvalue weighted by Crippen LogP contribution is -2.52. The number of imidazole rings is 2. The Bertz CT molecular complexity index is 2820. The number of ether oxygens (including phenoxy) is 4. The summed E-state index contributed by atoms with van der Waals surface area (Å²) in [6, 6.07) is 21.6. The lowest BCUT2D eigenvalue weighted by atomic mass is 9.92. The van der Waals surface area contributed by atoms with Crippen molar-refractivity contribution in [3.63, 3.8) is 0 Å². The monoisotopic (exact) mass is 880 g/mol. The van der Waals surface area contributed by atoms with Gasteiger partial charge in [-0.2, -0.15) is 0 Å². The molecule has 65 heavy (non-hydrogen) atoms. The van der Waals surface area contributed by atoms with E-state index in [-0.39, 0.29) is 41.8 Å². The van der Waals surface area contributed by atoms with Crippen LogP contribution < -0.4 is 15.4 Å². The summed E-state index contributed by atoms with van der Waals surface area (Å²) in [7, 11) is 4.23. The molecule has 4 aliphatic rings. The van der Waals surface area contributed by atoms with E-state index in [1.54, 1.807) is 18.2 Å². The van der Waals surface area contributed by atoms with Gasteiger partial charge in [0.25, 0.3) is 5.91 Å². The van der Waals surface area contributed by atoms with E-state index in [0.29, 0.717) is 43.5 Å². The number of hydrogen-bond donors (Lipinski definition) is 4. The second kappa shape index (κ2) is 16.9. The van der Waals surface area contributed by atoms with Gasteiger partial charge in [-0.15, -0.1) is 0 Å². The number of carbonyl (C=O) groups is 4. The van der Waals surface area contributed by atoms with Crippen molar-refractivity contribution in [2.45, 2.75) is 69.9 Å². The summed E-state index contributed by atoms with van der Waals surface area (Å²) in [5, 5.41) is 7.45. The average molecular weight is 881 g/mol. The fraction of sp³-hybridized carbons (Fsp3) is 0.388. The SMILES string of the molecule is COC[C@H]1C[C@@H](c2ncc(-c3ccc4c(c3)COc3cc5c(ccc6[nH]c([C@@H]7C[C@H]8C[C@H]8N7C(=O)C(NC(=O)OC)C(C)C)nc65)cc3-4)[nH]2)N(C(=O)[C@H](NC(=O)OC)c2ccccc2)C1. The van der Waals surface area contributed by atoms with Crippen molar-refractivity contribution in [1.29, 1.82) is 0 Å². The maximum Gasteiger partial charge on any atom is 0.407 e. The van der Waals surface area contributed by atoms with Crippen LogP contribution in [0.15, 0.2) is 79.0 Å². The molecular formula is C49H52N8O8. The molecule has 7 atom stereocenters. The minimum atomic E-state index is -0.947. The van der Waals surface area contributed by atoms with Gasteiger partial charge in [-0.1, -0.05) is 62.4 Å². The maximum absolute atomic E-state index is 14.3. The molecule has 4 N–H and O–H groups in total. The number of hydrogen-bond acceptors (Lipinski definition) is 10. The van der Waals surface area contributed by atoms with E-state index < -0.39 is 24.3 Å². The number of benzene rings is 4. The molecule has 336 valence electrons. The van der Waals surface area contributed by atoms with Crippen molar-refractivity contribution in [3.8, 4) is 28.1 Å². The first-order valence-electron chi connectivity index (χ1n) is 22.2. The van der Waals surface area contributed by atoms with E-state index in [0.717, 1.165) is 74.2 Å². The van der Waals surface area contributed by atoms with E-state index in [9.17, 15) is 19.2 Å². The van der Waals surface area contributed by atoms with Gasteiger partial charge in [0, 0.05) is 36.6 Å². The smallest absolute Gasteiger partial charge is 0.407 e. The normalized spacial score (nSPS) is 21.6. The molecule has 3 aliphatic heterocycles. The van der Waals surface area contributed by atoms with Crippen molar-refractivity contribution >= 4 is 45.8 Å². The molecule has 5 heterocycles. The van der Waals surface area contributed by atoms with Crippen LogP contribution in [0.3, 0.4) is 0 Å². The van der Waals surface area contributed by atoms with E-state index in [4.69, 9.17) is 28.9 Å². The largest absolute Gasteiger partial charge is 0.488 e. The molecule has 1 saturated carbocycles. The molecular weight excluding hydrogens is 829 g/mol. The number of carbonyl (C=O) groups excluding carboxylic acids is 4. The standard InChI is InChI=1S/C49H52N8O8/c1-25(2)41(54-48(60)63-4)47(59)57-37-18-30(37)19-39(57)45-51-35-14-12-28-17-34-32-13-11-29(16-31(32)24-65-40(34)20-33(28)43(35)53-45)36-21-50-44(52-36)38-15-26(23-62-3)22-56(38)46(58)42(55-49(61)64-5)27-9-7-6-8-10-27/h6-14,16-17,20-21,25-26,30,37-39,41-42H,15,18-19,22-24H2,1-5H3,(H,50,52)(H,51,53)(H,54,60)(H,55,61)/t26-,30+,37+,38-,39-,41?,42+/m0/s1. The summed E-state index contributed by atoms with van der Waals surface area (Å²) in [4.78, 5) is 73.7. The minimum absolute atomic E-state index is 0.0694. The molecule has 0 spiro atoms. The number of nitrogens with one attached hydrogen (secondary N) is 4. The van der Waals surface area contributed by atoms with Crippen molar-refractivity contribution < 1.29 is 38.1 Å². The molecule has 1 aliphatic carbocycles. The highest BCUT2D eigenvalue weighted by Crippen LogP contribution is 2.54. The topological polar surface area (TPSA) is 193 Å². The highest BCUT2D eigenvalue weighted by atomic mass is 16.5. The number of piperidine rings is 1. The molecule has 16 nitrogen and oxygen atoms in total. The van der Waals surface area contributed by atoms with E-state index in [2.05, 4.69) is 57.0 Å². The predicted octanol–water partition coefficient (Wildman–Crippen LogP) is 7.34. The number of amides is 4. The third-order valence-electron chi connectivity index (χ3n) is 13.6. The van der Waals surface area contributed by atoms with Gasteiger partial charge in [-0.05, 0) is 83.0 Å². The second-order valence-corrected chi connectivity index (χ2v) is 18.0. The van der Waals surface area contributed by atoms with Crippen LogP contribution in [0.1, 0.15) is 74.0 Å². The van der Waals surface area contributed by atoms with Gasteiger partial charge in [-0.3, -0.25) is 9.59 Å². The molecule has 1 unspecified atom stereocenters. The summed E-state index contributed by atoms with van der Waals surface area (Å²) in [6.45, 7) is 5.12. The lowest BCUT2D eigenvalue weighted by Gasteiger charge is -2.31. The molecule has 16 heteroatoms. The molecule has 4 aromatic carbocycles. The zero-order valence-corrected chi connectivity index (χ0v) is 36.9. The van der Waals surface area contributed by atoms with Crippen LogP contribution in [0.5, 0.6) is 5.75 Å². The lowest BCUT2D eigenvalue weighted by molar-refractivity contribution is -0.137. The van der Waals surface area contributed by atoms with E-state index in [1.807, 2.05) is 55.1 Å². The number of H-pyrrole nitrogens is 2. The van der Waals surface area contributed by atoms with Gasteiger partial charge in [0.05, 0.1) is 55.8 Å². The van der Waals surface area contributed by atoms with Crippen LogP contribution >= 0.6 is 0 Å². The summed E-state index contributed by atoms with van der Waals surface area (Å²) in [6.07, 6.45) is 2.88. The van der Waals surface area contributed by atoms with Crippen LogP contribution in [0, 0.1) is 17.8 Å². The molecule has 3 fully saturated rings. The quantitative estimate of drug-likeness (QED) is 0.102. The van der Waals surface area contributed by atoms with Crippen molar-refractivity contribution in [2.75, 3.05) is 34.5 Å². The van der Waals surface area contributed by atoms with Gasteiger partial charge in [0.1, 0.15) is 36.1 Å². The zero-order chi connectivity index (χ0) is 45.1. The fourth-order valence-corrected chi connectivity index (χ4v) is 10.2. The van der Waals surface area contributed by atoms with Gasteiger partial charge < -0.3 is 49.3 Å². The molecule has 0 bridgehead atoms. The number of methoxy groups -OCH3 is 3. The number of rotatable bonds is 11. The van der Waals surface area contributed by atoms with Gasteiger partial charge >= 0.3 is 12.2 Å². The van der Waals surface area contributed by atoms with Gasteiger partial charge in [-0.25, -0.2) is 19.6 Å². The Morgan fingerprint density at radius 3 is 2.42 bits per heavy atom. The summed E-state index contributed by atoms with van der Waals surface area (Å²) in [5.41, 5.74) is 7.14. The second-order valence-electron chi connectivity index (χ2n) is 18.0. The molecule has 4 amide bonds. The van der Waals surface area contributed by atoms with Crippen LogP contribution in [-0.4, -0.2) is 100 Å². The Morgan fingerprint density at radius 2 is 1.65 bits per heavy atom. The summed E-state index contributed by atoms with van der Waals surface area (Å²) < 4.78 is 21.7. The summed E-state index contributed by atoms with van der Waals surface area (Å²) in [5.74, 6) is 2.13. The zero-order valence-electron chi connectivity index (χ0n) is 36.9. The van der Waals surface area contributed by atoms with Crippen LogP contribution in [0.4, 0.5) is 9.59 Å². The molecule has 2 saturated heterocycles. The number of likely N-dealkylation sites (tertiary alicyclic amines) is 2. The maximum atomic E-state index is 14.3. The molecule has 6 aromatic rings. The Balaban J connectivity index is 0.908. The Kier molecular flexibility index (Phi) is 10.9. The average Bonchev–Trinajstić information content (AvgIpc) is 3.79. The first-order chi connectivity index (χ1) is 31.5. The Morgan fingerprint density at radius 1 is 0.846 bits per heavy atom. The fourth-order valence-electron chi connectivity index (χ4n) is 10.2. The van der Waals surface area contributed by atoms with Gasteiger partial charge in [0.15, 0.2) is 0 Å². The summed E-state index contributed by atoms with van der Waals surface area (Å²) >= 11 is 0. The number of nitrogens with zero attached hydrogens (tertiary/aromatic N) is 4. The number of aromatic amines is 2. The predicted molar refractivity (Wildman–Crippen MR) is 240 cm³/mol. The number of alkyl carbamates (subject to hydrolysis) is 2. The number of aromatic nitrogens is 4.